The van der Waals surface area contributed by atoms with Crippen molar-refractivity contribution in [2.75, 3.05) is 26.7 Å². The van der Waals surface area contributed by atoms with Crippen LogP contribution >= 0.6 is 35.6 Å². The summed E-state index contributed by atoms with van der Waals surface area (Å²) in [5, 5.41) is 3.91. The van der Waals surface area contributed by atoms with E-state index in [9.17, 15) is 8.42 Å². The molecule has 1 atom stereocenters. The normalized spacial score (nSPS) is 19.5. The highest BCUT2D eigenvalue weighted by Gasteiger charge is 2.30. The van der Waals surface area contributed by atoms with Crippen molar-refractivity contribution >= 4 is 45.6 Å². The maximum absolute atomic E-state index is 12.4. The van der Waals surface area contributed by atoms with E-state index in [1.54, 1.807) is 22.5 Å². The van der Waals surface area contributed by atoms with Gasteiger partial charge < -0.3 is 5.32 Å². The molecule has 1 saturated heterocycles. The Bertz CT molecular complexity index is 581. The highest BCUT2D eigenvalue weighted by Crippen LogP contribution is 2.25. The quantitative estimate of drug-likeness (QED) is 0.863. The van der Waals surface area contributed by atoms with Gasteiger partial charge in [-0.3, -0.25) is 0 Å². The fraction of sp³-hybridized carbons (Fsp3) is 0.538. The molecule has 0 amide bonds. The molecule has 0 aromatic heterocycles. The minimum absolute atomic E-state index is 0. The van der Waals surface area contributed by atoms with Gasteiger partial charge in [0.25, 0.3) is 0 Å². The smallest absolute Gasteiger partial charge is 0.218 e. The van der Waals surface area contributed by atoms with E-state index < -0.39 is 10.0 Å². The first-order valence-corrected chi connectivity index (χ1v) is 8.85. The van der Waals surface area contributed by atoms with Crippen LogP contribution < -0.4 is 5.32 Å². The van der Waals surface area contributed by atoms with Crippen LogP contribution in [0.25, 0.3) is 0 Å². The van der Waals surface area contributed by atoms with Crippen LogP contribution in [0.3, 0.4) is 0 Å². The summed E-state index contributed by atoms with van der Waals surface area (Å²) in [7, 11) is -1.41. The van der Waals surface area contributed by atoms with Crippen LogP contribution in [-0.2, 0) is 15.8 Å². The minimum Gasteiger partial charge on any atom is -0.319 e. The van der Waals surface area contributed by atoms with Gasteiger partial charge in [0, 0.05) is 13.1 Å². The van der Waals surface area contributed by atoms with Crippen molar-refractivity contribution in [3.63, 3.8) is 0 Å². The van der Waals surface area contributed by atoms with Gasteiger partial charge in [-0.25, -0.2) is 12.7 Å². The Morgan fingerprint density at radius 2 is 2.05 bits per heavy atom. The molecule has 1 aliphatic rings. The van der Waals surface area contributed by atoms with Crippen LogP contribution in [0.5, 0.6) is 0 Å². The number of benzene rings is 1. The molecule has 8 heteroatoms. The number of nitrogens with one attached hydrogen (secondary N) is 1. The summed E-state index contributed by atoms with van der Waals surface area (Å²) in [6.07, 6.45) is 0.904. The number of hydrogen-bond acceptors (Lipinski definition) is 3. The van der Waals surface area contributed by atoms with Crippen molar-refractivity contribution in [2.24, 2.45) is 5.92 Å². The average Bonchev–Trinajstić information content (AvgIpc) is 2.83. The lowest BCUT2D eigenvalue weighted by Gasteiger charge is -2.17. The summed E-state index contributed by atoms with van der Waals surface area (Å²) in [5.41, 5.74) is 0.663. The van der Waals surface area contributed by atoms with Gasteiger partial charge in [-0.05, 0) is 43.6 Å². The van der Waals surface area contributed by atoms with Gasteiger partial charge >= 0.3 is 0 Å². The molecule has 1 aromatic carbocycles. The predicted octanol–water partition coefficient (Wildman–Crippen LogP) is 2.79. The first-order valence-electron chi connectivity index (χ1n) is 6.48. The highest BCUT2D eigenvalue weighted by molar-refractivity contribution is 7.88. The van der Waals surface area contributed by atoms with Crippen LogP contribution in [0.1, 0.15) is 12.0 Å². The number of halogens is 3. The molecule has 0 bridgehead atoms. The summed E-state index contributed by atoms with van der Waals surface area (Å²) in [6, 6.07) is 4.94. The zero-order chi connectivity index (χ0) is 14.8. The van der Waals surface area contributed by atoms with Gasteiger partial charge in [-0.15, -0.1) is 12.4 Å². The van der Waals surface area contributed by atoms with Crippen molar-refractivity contribution in [3.8, 4) is 0 Å². The van der Waals surface area contributed by atoms with Gasteiger partial charge in [0.15, 0.2) is 0 Å². The standard InChI is InChI=1S/C13H18Cl2N2O2S.ClH/c1-16-7-11-4-5-17(8-11)20(18,19)9-10-2-3-12(14)13(15)6-10;/h2-3,6,11,16H,4-5,7-9H2,1H3;1H. The molecule has 21 heavy (non-hydrogen) atoms. The molecule has 1 unspecified atom stereocenters. The van der Waals surface area contributed by atoms with E-state index in [0.717, 1.165) is 13.0 Å². The van der Waals surface area contributed by atoms with Crippen LogP contribution in [-0.4, -0.2) is 39.4 Å². The molecule has 2 rings (SSSR count). The van der Waals surface area contributed by atoms with E-state index in [0.29, 0.717) is 34.6 Å². The van der Waals surface area contributed by atoms with Gasteiger partial charge in [-0.2, -0.15) is 0 Å². The molecule has 1 N–H and O–H groups in total. The van der Waals surface area contributed by atoms with Crippen molar-refractivity contribution < 1.29 is 8.42 Å². The Balaban J connectivity index is 0.00000220. The summed E-state index contributed by atoms with van der Waals surface area (Å²) >= 11 is 11.8. The molecule has 0 aliphatic carbocycles. The van der Waals surface area contributed by atoms with Crippen LogP contribution in [0.15, 0.2) is 18.2 Å². The molecule has 1 aliphatic heterocycles. The zero-order valence-electron chi connectivity index (χ0n) is 11.7. The second-order valence-electron chi connectivity index (χ2n) is 5.08. The number of rotatable bonds is 5. The van der Waals surface area contributed by atoms with E-state index >= 15 is 0 Å². The first-order chi connectivity index (χ1) is 9.42. The average molecular weight is 374 g/mol. The number of hydrogen-bond donors (Lipinski definition) is 1. The van der Waals surface area contributed by atoms with E-state index in [1.807, 2.05) is 7.05 Å². The SMILES string of the molecule is CNCC1CCN(S(=O)(=O)Cc2ccc(Cl)c(Cl)c2)C1.Cl. The topological polar surface area (TPSA) is 49.4 Å². The van der Waals surface area contributed by atoms with Crippen LogP contribution in [0.4, 0.5) is 0 Å². The zero-order valence-corrected chi connectivity index (χ0v) is 14.8. The highest BCUT2D eigenvalue weighted by atomic mass is 35.5. The predicted molar refractivity (Wildman–Crippen MR) is 89.9 cm³/mol. The minimum atomic E-state index is -3.29. The molecule has 0 radical (unpaired) electrons. The van der Waals surface area contributed by atoms with Gasteiger partial charge in [0.2, 0.25) is 10.0 Å². The first kappa shape index (κ1) is 19.0. The van der Waals surface area contributed by atoms with Crippen LogP contribution in [0.2, 0.25) is 10.0 Å². The van der Waals surface area contributed by atoms with Crippen molar-refractivity contribution in [3.05, 3.63) is 33.8 Å². The molecule has 1 fully saturated rings. The van der Waals surface area contributed by atoms with Crippen molar-refractivity contribution in [2.45, 2.75) is 12.2 Å². The van der Waals surface area contributed by atoms with E-state index in [2.05, 4.69) is 5.32 Å². The summed E-state index contributed by atoms with van der Waals surface area (Å²) in [5.74, 6) is 0.361. The molecular formula is C13H19Cl3N2O2S. The van der Waals surface area contributed by atoms with Crippen LogP contribution in [0, 0.1) is 5.92 Å². The largest absolute Gasteiger partial charge is 0.319 e. The Hall–Kier alpha value is -0.0400. The molecule has 0 saturated carbocycles. The third-order valence-corrected chi connectivity index (χ3v) is 6.02. The maximum atomic E-state index is 12.4. The third-order valence-electron chi connectivity index (χ3n) is 3.47. The fourth-order valence-corrected chi connectivity index (χ4v) is 4.36. The van der Waals surface area contributed by atoms with Crippen molar-refractivity contribution in [1.82, 2.24) is 9.62 Å². The second-order valence-corrected chi connectivity index (χ2v) is 7.86. The Labute approximate surface area is 142 Å². The third kappa shape index (κ3) is 4.98. The molecule has 1 heterocycles. The van der Waals surface area contributed by atoms with Crippen molar-refractivity contribution in [1.29, 1.82) is 0 Å². The summed E-state index contributed by atoms with van der Waals surface area (Å²) < 4.78 is 26.3. The maximum Gasteiger partial charge on any atom is 0.218 e. The Kier molecular flexibility index (Phi) is 7.24. The molecule has 1 aromatic rings. The van der Waals surface area contributed by atoms with E-state index in [1.165, 1.54) is 0 Å². The lowest BCUT2D eigenvalue weighted by Crippen LogP contribution is -2.31. The molecule has 0 spiro atoms. The molecule has 120 valence electrons. The van der Waals surface area contributed by atoms with Gasteiger partial charge in [0.1, 0.15) is 0 Å². The number of nitrogens with zero attached hydrogens (tertiary/aromatic N) is 1. The van der Waals surface area contributed by atoms with E-state index in [-0.39, 0.29) is 18.2 Å². The second kappa shape index (κ2) is 7.99. The number of sulfonamides is 1. The Morgan fingerprint density at radius 1 is 1.33 bits per heavy atom. The van der Waals surface area contributed by atoms with Gasteiger partial charge in [-0.1, -0.05) is 29.3 Å². The Morgan fingerprint density at radius 3 is 2.67 bits per heavy atom. The fourth-order valence-electron chi connectivity index (χ4n) is 2.44. The van der Waals surface area contributed by atoms with E-state index in [4.69, 9.17) is 23.2 Å². The molecule has 4 nitrogen and oxygen atoms in total. The molecular weight excluding hydrogens is 355 g/mol. The monoisotopic (exact) mass is 372 g/mol. The summed E-state index contributed by atoms with van der Waals surface area (Å²) in [4.78, 5) is 0. The van der Waals surface area contributed by atoms with Gasteiger partial charge in [0.05, 0.1) is 15.8 Å². The lowest BCUT2D eigenvalue weighted by molar-refractivity contribution is 0.450. The summed E-state index contributed by atoms with van der Waals surface area (Å²) in [6.45, 7) is 2.03. The lowest BCUT2D eigenvalue weighted by atomic mass is 10.1.